The molecule has 9 heteroatoms. The number of rotatable bonds is 6. The highest BCUT2D eigenvalue weighted by molar-refractivity contribution is 7.89. The second-order valence-corrected chi connectivity index (χ2v) is 8.49. The van der Waals surface area contributed by atoms with Gasteiger partial charge in [-0.2, -0.15) is 0 Å². The molecule has 3 aromatic rings. The second kappa shape index (κ2) is 8.13. The molecule has 8 nitrogen and oxygen atoms in total. The summed E-state index contributed by atoms with van der Waals surface area (Å²) < 4.78 is 27.8. The smallest absolute Gasteiger partial charge is 0.240 e. The van der Waals surface area contributed by atoms with Gasteiger partial charge in [0.2, 0.25) is 21.8 Å². The number of carbonyl (C=O) groups excluding carboxylic acids is 2. The van der Waals surface area contributed by atoms with Crippen LogP contribution in [0.4, 0.5) is 5.69 Å². The number of hydrogen-bond donors (Lipinski definition) is 1. The van der Waals surface area contributed by atoms with Crippen LogP contribution in [0.1, 0.15) is 18.4 Å². The Morgan fingerprint density at radius 3 is 2.23 bits per heavy atom. The van der Waals surface area contributed by atoms with Gasteiger partial charge in [0.25, 0.3) is 0 Å². The number of nitrogens with one attached hydrogen (secondary N) is 1. The summed E-state index contributed by atoms with van der Waals surface area (Å²) in [5.41, 5.74) is 2.73. The van der Waals surface area contributed by atoms with E-state index in [-0.39, 0.29) is 36.1 Å². The van der Waals surface area contributed by atoms with E-state index in [1.54, 1.807) is 24.7 Å². The molecule has 30 heavy (non-hydrogen) atoms. The SMILES string of the molecule is O=C1CCC(=O)N1c1ccc(S(=O)(=O)NCc2ccnc(-c3ccncc3)c2)cc1. The Bertz CT molecular complexity index is 1180. The number of pyridine rings is 2. The fourth-order valence-corrected chi connectivity index (χ4v) is 4.18. The van der Waals surface area contributed by atoms with Gasteiger partial charge in [-0.25, -0.2) is 13.1 Å². The highest BCUT2D eigenvalue weighted by Gasteiger charge is 2.30. The van der Waals surface area contributed by atoms with Crippen LogP contribution in [0.15, 0.2) is 72.0 Å². The van der Waals surface area contributed by atoms with Gasteiger partial charge in [-0.15, -0.1) is 0 Å². The Morgan fingerprint density at radius 2 is 1.57 bits per heavy atom. The molecular weight excluding hydrogens is 404 g/mol. The van der Waals surface area contributed by atoms with Crippen molar-refractivity contribution >= 4 is 27.5 Å². The van der Waals surface area contributed by atoms with Crippen LogP contribution in [0.2, 0.25) is 0 Å². The summed E-state index contributed by atoms with van der Waals surface area (Å²) in [6.07, 6.45) is 5.30. The molecular formula is C21H18N4O4S. The molecule has 1 saturated heterocycles. The Hall–Kier alpha value is -3.43. The van der Waals surface area contributed by atoms with Gasteiger partial charge in [0, 0.05) is 43.5 Å². The van der Waals surface area contributed by atoms with Crippen molar-refractivity contribution in [2.45, 2.75) is 24.3 Å². The fraction of sp³-hybridized carbons (Fsp3) is 0.143. The number of sulfonamides is 1. The van der Waals surface area contributed by atoms with Gasteiger partial charge in [-0.05, 0) is 54.1 Å². The first kappa shape index (κ1) is 19.9. The third-order valence-corrected chi connectivity index (χ3v) is 6.14. The van der Waals surface area contributed by atoms with E-state index in [1.807, 2.05) is 18.2 Å². The van der Waals surface area contributed by atoms with Crippen molar-refractivity contribution in [3.05, 3.63) is 72.7 Å². The molecule has 0 saturated carbocycles. The Morgan fingerprint density at radius 1 is 0.900 bits per heavy atom. The van der Waals surface area contributed by atoms with Crippen molar-refractivity contribution in [1.29, 1.82) is 0 Å². The maximum Gasteiger partial charge on any atom is 0.240 e. The number of aromatic nitrogens is 2. The third kappa shape index (κ3) is 4.12. The van der Waals surface area contributed by atoms with Gasteiger partial charge in [-0.1, -0.05) is 0 Å². The van der Waals surface area contributed by atoms with Gasteiger partial charge in [0.05, 0.1) is 16.3 Å². The monoisotopic (exact) mass is 422 g/mol. The number of carbonyl (C=O) groups is 2. The fourth-order valence-electron chi connectivity index (χ4n) is 3.17. The minimum atomic E-state index is -3.77. The molecule has 152 valence electrons. The van der Waals surface area contributed by atoms with E-state index in [0.29, 0.717) is 5.69 Å². The average Bonchev–Trinajstić information content (AvgIpc) is 3.11. The number of imide groups is 1. The first-order valence-corrected chi connectivity index (χ1v) is 10.7. The first-order chi connectivity index (χ1) is 14.4. The van der Waals surface area contributed by atoms with Crippen LogP contribution in [0.3, 0.4) is 0 Å². The molecule has 0 spiro atoms. The molecule has 1 N–H and O–H groups in total. The Kier molecular flexibility index (Phi) is 5.39. The molecule has 1 aliphatic rings. The first-order valence-electron chi connectivity index (χ1n) is 9.25. The highest BCUT2D eigenvalue weighted by Crippen LogP contribution is 2.24. The zero-order chi connectivity index (χ0) is 21.1. The largest absolute Gasteiger partial charge is 0.274 e. The normalized spacial score (nSPS) is 14.3. The predicted octanol–water partition coefficient (Wildman–Crippen LogP) is 2.28. The summed E-state index contributed by atoms with van der Waals surface area (Å²) in [5, 5.41) is 0. The summed E-state index contributed by atoms with van der Waals surface area (Å²) in [6, 6.07) is 12.9. The van der Waals surface area contributed by atoms with Crippen molar-refractivity contribution in [1.82, 2.24) is 14.7 Å². The summed E-state index contributed by atoms with van der Waals surface area (Å²) in [5.74, 6) is -0.562. The average molecular weight is 422 g/mol. The molecule has 3 heterocycles. The van der Waals surface area contributed by atoms with E-state index in [1.165, 1.54) is 24.3 Å². The zero-order valence-electron chi connectivity index (χ0n) is 15.9. The predicted molar refractivity (Wildman–Crippen MR) is 110 cm³/mol. The van der Waals surface area contributed by atoms with Crippen molar-refractivity contribution in [3.8, 4) is 11.3 Å². The maximum absolute atomic E-state index is 12.6. The van der Waals surface area contributed by atoms with E-state index < -0.39 is 10.0 Å². The van der Waals surface area contributed by atoms with Crippen molar-refractivity contribution < 1.29 is 18.0 Å². The molecule has 1 aromatic carbocycles. The Labute approximate surface area is 173 Å². The van der Waals surface area contributed by atoms with Crippen molar-refractivity contribution in [2.24, 2.45) is 0 Å². The van der Waals surface area contributed by atoms with Crippen LogP contribution in [0, 0.1) is 0 Å². The second-order valence-electron chi connectivity index (χ2n) is 6.73. The number of nitrogens with zero attached hydrogens (tertiary/aromatic N) is 3. The molecule has 1 aliphatic heterocycles. The minimum absolute atomic E-state index is 0.0498. The van der Waals surface area contributed by atoms with Crippen LogP contribution < -0.4 is 9.62 Å². The summed E-state index contributed by atoms with van der Waals surface area (Å²) in [4.78, 5) is 33.1. The summed E-state index contributed by atoms with van der Waals surface area (Å²) in [7, 11) is -3.77. The molecule has 4 rings (SSSR count). The molecule has 0 atom stereocenters. The van der Waals surface area contributed by atoms with Gasteiger partial charge in [-0.3, -0.25) is 24.5 Å². The number of hydrogen-bond acceptors (Lipinski definition) is 6. The quantitative estimate of drug-likeness (QED) is 0.611. The van der Waals surface area contributed by atoms with Crippen molar-refractivity contribution in [3.63, 3.8) is 0 Å². The Balaban J connectivity index is 1.47. The van der Waals surface area contributed by atoms with E-state index in [4.69, 9.17) is 0 Å². The maximum atomic E-state index is 12.6. The van der Waals surface area contributed by atoms with E-state index in [2.05, 4.69) is 14.7 Å². The van der Waals surface area contributed by atoms with E-state index >= 15 is 0 Å². The lowest BCUT2D eigenvalue weighted by Gasteiger charge is -2.14. The molecule has 0 aliphatic carbocycles. The molecule has 1 fully saturated rings. The zero-order valence-corrected chi connectivity index (χ0v) is 16.7. The van der Waals surface area contributed by atoms with Crippen LogP contribution in [0.5, 0.6) is 0 Å². The van der Waals surface area contributed by atoms with Gasteiger partial charge < -0.3 is 0 Å². The summed E-state index contributed by atoms with van der Waals surface area (Å²) >= 11 is 0. The van der Waals surface area contributed by atoms with Crippen LogP contribution in [-0.4, -0.2) is 30.2 Å². The van der Waals surface area contributed by atoms with Crippen LogP contribution in [-0.2, 0) is 26.2 Å². The molecule has 0 bridgehead atoms. The minimum Gasteiger partial charge on any atom is -0.274 e. The molecule has 0 radical (unpaired) electrons. The van der Waals surface area contributed by atoms with Gasteiger partial charge >= 0.3 is 0 Å². The van der Waals surface area contributed by atoms with Gasteiger partial charge in [0.1, 0.15) is 0 Å². The molecule has 2 aromatic heterocycles. The number of benzene rings is 1. The lowest BCUT2D eigenvalue weighted by molar-refractivity contribution is -0.121. The number of anilines is 1. The highest BCUT2D eigenvalue weighted by atomic mass is 32.2. The van der Waals surface area contributed by atoms with Crippen LogP contribution in [0.25, 0.3) is 11.3 Å². The van der Waals surface area contributed by atoms with E-state index in [0.717, 1.165) is 21.7 Å². The topological polar surface area (TPSA) is 109 Å². The van der Waals surface area contributed by atoms with Gasteiger partial charge in [0.15, 0.2) is 0 Å². The van der Waals surface area contributed by atoms with Crippen molar-refractivity contribution in [2.75, 3.05) is 4.90 Å². The standard InChI is InChI=1S/C21H18N4O4S/c26-20-5-6-21(27)25(20)17-1-3-18(4-2-17)30(28,29)24-14-15-7-12-23-19(13-15)16-8-10-22-11-9-16/h1-4,7-13,24H,5-6,14H2. The lowest BCUT2D eigenvalue weighted by atomic mass is 10.1. The number of amides is 2. The molecule has 0 unspecified atom stereocenters. The molecule has 2 amide bonds. The third-order valence-electron chi connectivity index (χ3n) is 4.72. The lowest BCUT2D eigenvalue weighted by Crippen LogP contribution is -2.28. The van der Waals surface area contributed by atoms with Crippen LogP contribution >= 0.6 is 0 Å². The van der Waals surface area contributed by atoms with E-state index in [9.17, 15) is 18.0 Å². The summed E-state index contributed by atoms with van der Waals surface area (Å²) in [6.45, 7) is 0.0911.